The molecule has 0 N–H and O–H groups in total. The van der Waals surface area contributed by atoms with Crippen molar-refractivity contribution in [2.75, 3.05) is 0 Å². The first-order chi connectivity index (χ1) is 9.10. The fourth-order valence-electron chi connectivity index (χ4n) is 1.55. The summed E-state index contributed by atoms with van der Waals surface area (Å²) < 4.78 is 6.59. The minimum absolute atomic E-state index is 0.359. The molecule has 2 aromatic rings. The summed E-state index contributed by atoms with van der Waals surface area (Å²) in [5, 5.41) is 1.28. The highest BCUT2D eigenvalue weighted by atomic mass is 79.9. The topological polar surface area (TPSA) is 9.23 Å². The number of hydrogen-bond acceptors (Lipinski definition) is 1. The second-order valence-corrected chi connectivity index (χ2v) is 5.89. The van der Waals surface area contributed by atoms with Crippen LogP contribution in [0.2, 0.25) is 10.0 Å². The van der Waals surface area contributed by atoms with Crippen LogP contribution in [0.4, 0.5) is 0 Å². The summed E-state index contributed by atoms with van der Waals surface area (Å²) in [6.45, 7) is 0.359. The predicted molar refractivity (Wildman–Crippen MR) is 84.5 cm³/mol. The number of rotatable bonds is 4. The fraction of sp³-hybridized carbons (Fsp3) is 0.143. The maximum Gasteiger partial charge on any atom is 0.134 e. The van der Waals surface area contributed by atoms with E-state index < -0.39 is 0 Å². The lowest BCUT2D eigenvalue weighted by atomic mass is 10.2. The van der Waals surface area contributed by atoms with E-state index in [2.05, 4.69) is 15.9 Å². The van der Waals surface area contributed by atoms with E-state index >= 15 is 0 Å². The van der Waals surface area contributed by atoms with Crippen molar-refractivity contribution in [3.63, 3.8) is 0 Å². The van der Waals surface area contributed by atoms with Gasteiger partial charge in [-0.25, -0.2) is 0 Å². The Labute approximate surface area is 135 Å². The van der Waals surface area contributed by atoms with Gasteiger partial charge >= 0.3 is 0 Å². The van der Waals surface area contributed by atoms with Crippen molar-refractivity contribution in [2.45, 2.75) is 12.5 Å². The highest BCUT2D eigenvalue weighted by Gasteiger charge is 2.06. The summed E-state index contributed by atoms with van der Waals surface area (Å²) in [6, 6.07) is 11.0. The van der Waals surface area contributed by atoms with E-state index in [1.165, 1.54) is 0 Å². The van der Waals surface area contributed by atoms with E-state index in [0.717, 1.165) is 21.3 Å². The lowest BCUT2D eigenvalue weighted by Gasteiger charge is -2.10. The van der Waals surface area contributed by atoms with E-state index in [1.807, 2.05) is 18.2 Å². The normalized spacial score (nSPS) is 10.5. The average Bonchev–Trinajstić information content (AvgIpc) is 2.40. The van der Waals surface area contributed by atoms with Crippen molar-refractivity contribution >= 4 is 50.7 Å². The molecule has 5 heteroatoms. The second kappa shape index (κ2) is 6.85. The number of halogens is 4. The van der Waals surface area contributed by atoms with Gasteiger partial charge in [-0.1, -0.05) is 29.3 Å². The number of hydrogen-bond donors (Lipinski definition) is 0. The summed E-state index contributed by atoms with van der Waals surface area (Å²) in [6.07, 6.45) is 0. The van der Waals surface area contributed by atoms with Crippen LogP contribution >= 0.6 is 50.7 Å². The summed E-state index contributed by atoms with van der Waals surface area (Å²) in [5.41, 5.74) is 1.88. The zero-order valence-electron chi connectivity index (χ0n) is 9.80. The molecule has 0 spiro atoms. The molecule has 0 radical (unpaired) electrons. The summed E-state index contributed by atoms with van der Waals surface area (Å²) in [5.74, 6) is 1.21. The number of ether oxygens (including phenoxy) is 1. The molecule has 0 atom stereocenters. The van der Waals surface area contributed by atoms with Gasteiger partial charge in [0.1, 0.15) is 12.4 Å². The Morgan fingerprint density at radius 3 is 2.53 bits per heavy atom. The molecular formula is C14H10BrCl3O. The van der Waals surface area contributed by atoms with Crippen molar-refractivity contribution in [1.29, 1.82) is 0 Å². The van der Waals surface area contributed by atoms with Crippen LogP contribution in [0, 0.1) is 0 Å². The lowest BCUT2D eigenvalue weighted by Crippen LogP contribution is -1.97. The van der Waals surface area contributed by atoms with Gasteiger partial charge in [-0.3, -0.25) is 0 Å². The molecule has 0 amide bonds. The maximum atomic E-state index is 6.08. The third kappa shape index (κ3) is 4.03. The van der Waals surface area contributed by atoms with E-state index in [-0.39, 0.29) is 0 Å². The number of alkyl halides is 1. The molecule has 0 aliphatic carbocycles. The Kier molecular flexibility index (Phi) is 5.40. The zero-order chi connectivity index (χ0) is 13.8. The van der Waals surface area contributed by atoms with Crippen molar-refractivity contribution in [3.8, 4) is 5.75 Å². The van der Waals surface area contributed by atoms with Gasteiger partial charge < -0.3 is 4.74 Å². The molecule has 0 saturated carbocycles. The Morgan fingerprint density at radius 2 is 1.84 bits per heavy atom. The van der Waals surface area contributed by atoms with Gasteiger partial charge in [0.05, 0.1) is 4.47 Å². The molecule has 0 heterocycles. The zero-order valence-corrected chi connectivity index (χ0v) is 13.7. The van der Waals surface area contributed by atoms with Gasteiger partial charge in [0.2, 0.25) is 0 Å². The van der Waals surface area contributed by atoms with Crippen LogP contribution in [0.15, 0.2) is 40.9 Å². The van der Waals surface area contributed by atoms with Crippen LogP contribution in [0.25, 0.3) is 0 Å². The van der Waals surface area contributed by atoms with Crippen LogP contribution < -0.4 is 4.74 Å². The third-order valence-corrected chi connectivity index (χ3v) is 4.07. The highest BCUT2D eigenvalue weighted by molar-refractivity contribution is 9.10. The average molecular weight is 380 g/mol. The van der Waals surface area contributed by atoms with Gasteiger partial charge in [-0.2, -0.15) is 0 Å². The minimum atomic E-state index is 0.359. The van der Waals surface area contributed by atoms with Crippen molar-refractivity contribution in [3.05, 3.63) is 62.0 Å². The van der Waals surface area contributed by atoms with E-state index in [0.29, 0.717) is 22.5 Å². The summed E-state index contributed by atoms with van der Waals surface area (Å²) in [4.78, 5) is 0. The van der Waals surface area contributed by atoms with Crippen LogP contribution in [-0.2, 0) is 12.5 Å². The molecule has 0 bridgehead atoms. The number of benzene rings is 2. The SMILES string of the molecule is ClCc1ccc(OCc2cc(Cl)ccc2Cl)c(Br)c1. The first kappa shape index (κ1) is 15.0. The monoisotopic (exact) mass is 378 g/mol. The minimum Gasteiger partial charge on any atom is -0.488 e. The van der Waals surface area contributed by atoms with Crippen molar-refractivity contribution in [2.24, 2.45) is 0 Å². The molecule has 2 rings (SSSR count). The fourth-order valence-corrected chi connectivity index (χ4v) is 2.63. The molecule has 0 saturated heterocycles. The molecule has 0 aliphatic rings. The largest absolute Gasteiger partial charge is 0.488 e. The Balaban J connectivity index is 2.12. The van der Waals surface area contributed by atoms with E-state index in [4.69, 9.17) is 39.5 Å². The standard InChI is InChI=1S/C14H10BrCl3O/c15-12-5-9(7-16)1-4-14(12)19-8-10-6-11(17)2-3-13(10)18/h1-6H,7-8H2. The first-order valence-electron chi connectivity index (χ1n) is 5.51. The molecule has 100 valence electrons. The summed E-state index contributed by atoms with van der Waals surface area (Å²) in [7, 11) is 0. The first-order valence-corrected chi connectivity index (χ1v) is 7.59. The maximum absolute atomic E-state index is 6.08. The lowest BCUT2D eigenvalue weighted by molar-refractivity contribution is 0.304. The summed E-state index contributed by atoms with van der Waals surface area (Å²) >= 11 is 21.2. The van der Waals surface area contributed by atoms with Gasteiger partial charge in [-0.05, 0) is 51.8 Å². The predicted octanol–water partition coefficient (Wildman–Crippen LogP) is 6.07. The van der Waals surface area contributed by atoms with E-state index in [1.54, 1.807) is 18.2 Å². The molecule has 1 nitrogen and oxygen atoms in total. The van der Waals surface area contributed by atoms with Gasteiger partial charge in [0.15, 0.2) is 0 Å². The van der Waals surface area contributed by atoms with Gasteiger partial charge in [0, 0.05) is 21.5 Å². The molecule has 19 heavy (non-hydrogen) atoms. The molecule has 0 aliphatic heterocycles. The van der Waals surface area contributed by atoms with E-state index in [9.17, 15) is 0 Å². The molecule has 0 aromatic heterocycles. The van der Waals surface area contributed by atoms with Crippen molar-refractivity contribution < 1.29 is 4.74 Å². The Morgan fingerprint density at radius 1 is 1.05 bits per heavy atom. The molecule has 0 fully saturated rings. The van der Waals surface area contributed by atoms with Gasteiger partial charge in [0.25, 0.3) is 0 Å². The van der Waals surface area contributed by atoms with Crippen LogP contribution in [0.5, 0.6) is 5.75 Å². The van der Waals surface area contributed by atoms with Crippen LogP contribution in [0.1, 0.15) is 11.1 Å². The van der Waals surface area contributed by atoms with Crippen LogP contribution in [0.3, 0.4) is 0 Å². The Hall–Kier alpha value is -0.410. The third-order valence-electron chi connectivity index (χ3n) is 2.54. The van der Waals surface area contributed by atoms with Crippen LogP contribution in [-0.4, -0.2) is 0 Å². The molecular weight excluding hydrogens is 370 g/mol. The van der Waals surface area contributed by atoms with Gasteiger partial charge in [-0.15, -0.1) is 11.6 Å². The van der Waals surface area contributed by atoms with Crippen molar-refractivity contribution in [1.82, 2.24) is 0 Å². The highest BCUT2D eigenvalue weighted by Crippen LogP contribution is 2.28. The Bertz CT molecular complexity index is 587. The quantitative estimate of drug-likeness (QED) is 0.585. The molecule has 2 aromatic carbocycles. The smallest absolute Gasteiger partial charge is 0.134 e. The second-order valence-electron chi connectivity index (χ2n) is 3.92. The molecule has 0 unspecified atom stereocenters.